The van der Waals surface area contributed by atoms with Crippen LogP contribution in [0.25, 0.3) is 16.6 Å². The SMILES string of the molecule is Cc1ccc(C)c(-n2c(SCC(=O)N3CCCC[C@@H]3C)nc3ccccc3c2=O)c1. The van der Waals surface area contributed by atoms with Crippen molar-refractivity contribution >= 4 is 28.6 Å². The number of piperidine rings is 1. The van der Waals surface area contributed by atoms with Crippen LogP contribution in [0, 0.1) is 13.8 Å². The average Bonchev–Trinajstić information content (AvgIpc) is 2.74. The molecule has 5 nitrogen and oxygen atoms in total. The summed E-state index contributed by atoms with van der Waals surface area (Å²) >= 11 is 1.35. The number of aromatic nitrogens is 2. The molecule has 30 heavy (non-hydrogen) atoms. The summed E-state index contributed by atoms with van der Waals surface area (Å²) in [6.45, 7) is 6.93. The molecule has 2 heterocycles. The lowest BCUT2D eigenvalue weighted by atomic mass is 10.0. The summed E-state index contributed by atoms with van der Waals surface area (Å²) in [5.41, 5.74) is 3.45. The largest absolute Gasteiger partial charge is 0.339 e. The molecule has 1 fully saturated rings. The van der Waals surface area contributed by atoms with Gasteiger partial charge in [0.1, 0.15) is 0 Å². The Hall–Kier alpha value is -2.60. The van der Waals surface area contributed by atoms with Gasteiger partial charge in [0, 0.05) is 12.6 Å². The third kappa shape index (κ3) is 4.01. The molecule has 2 aromatic carbocycles. The number of para-hydroxylation sites is 1. The van der Waals surface area contributed by atoms with Crippen molar-refractivity contribution in [2.75, 3.05) is 12.3 Å². The van der Waals surface area contributed by atoms with Crippen molar-refractivity contribution in [2.24, 2.45) is 0 Å². The molecule has 1 amide bonds. The molecule has 0 radical (unpaired) electrons. The Bertz CT molecular complexity index is 1150. The van der Waals surface area contributed by atoms with Gasteiger partial charge in [0.05, 0.1) is 22.3 Å². The van der Waals surface area contributed by atoms with Crippen molar-refractivity contribution in [1.29, 1.82) is 0 Å². The Morgan fingerprint density at radius 3 is 2.77 bits per heavy atom. The predicted octanol–water partition coefficient (Wildman–Crippen LogP) is 4.50. The second-order valence-electron chi connectivity index (χ2n) is 8.06. The molecule has 0 spiro atoms. The van der Waals surface area contributed by atoms with Crippen molar-refractivity contribution in [3.05, 3.63) is 63.9 Å². The Morgan fingerprint density at radius 2 is 1.97 bits per heavy atom. The molecule has 0 bridgehead atoms. The highest BCUT2D eigenvalue weighted by atomic mass is 32.2. The third-order valence-corrected chi connectivity index (χ3v) is 6.72. The van der Waals surface area contributed by atoms with Crippen LogP contribution < -0.4 is 5.56 Å². The minimum absolute atomic E-state index is 0.101. The van der Waals surface area contributed by atoms with E-state index in [0.29, 0.717) is 16.1 Å². The van der Waals surface area contributed by atoms with Crippen LogP contribution in [0.5, 0.6) is 0 Å². The first kappa shape index (κ1) is 20.7. The fourth-order valence-corrected chi connectivity index (χ4v) is 4.95. The second-order valence-corrected chi connectivity index (χ2v) is 9.01. The van der Waals surface area contributed by atoms with E-state index in [4.69, 9.17) is 4.98 Å². The van der Waals surface area contributed by atoms with Crippen LogP contribution in [-0.2, 0) is 4.79 Å². The Kier molecular flexibility index (Phi) is 5.95. The van der Waals surface area contributed by atoms with Crippen LogP contribution in [0.1, 0.15) is 37.3 Å². The number of carbonyl (C=O) groups is 1. The van der Waals surface area contributed by atoms with Gasteiger partial charge in [0.25, 0.3) is 5.56 Å². The summed E-state index contributed by atoms with van der Waals surface area (Å²) in [6, 6.07) is 13.7. The topological polar surface area (TPSA) is 55.2 Å². The van der Waals surface area contributed by atoms with Crippen LogP contribution >= 0.6 is 11.8 Å². The zero-order valence-corrected chi connectivity index (χ0v) is 18.5. The number of thioether (sulfide) groups is 1. The van der Waals surface area contributed by atoms with E-state index in [1.165, 1.54) is 18.2 Å². The Labute approximate surface area is 181 Å². The van der Waals surface area contributed by atoms with Crippen molar-refractivity contribution in [2.45, 2.75) is 51.2 Å². The van der Waals surface area contributed by atoms with E-state index < -0.39 is 0 Å². The summed E-state index contributed by atoms with van der Waals surface area (Å²) in [5.74, 6) is 0.391. The summed E-state index contributed by atoms with van der Waals surface area (Å²) in [5, 5.41) is 1.14. The highest BCUT2D eigenvalue weighted by Crippen LogP contribution is 2.25. The molecule has 1 aliphatic heterocycles. The van der Waals surface area contributed by atoms with Crippen molar-refractivity contribution in [1.82, 2.24) is 14.5 Å². The minimum Gasteiger partial charge on any atom is -0.339 e. The first-order chi connectivity index (χ1) is 14.5. The lowest BCUT2D eigenvalue weighted by Crippen LogP contribution is -2.43. The monoisotopic (exact) mass is 421 g/mol. The summed E-state index contributed by atoms with van der Waals surface area (Å²) < 4.78 is 1.67. The number of aryl methyl sites for hydroxylation is 2. The summed E-state index contributed by atoms with van der Waals surface area (Å²) in [4.78, 5) is 33.1. The van der Waals surface area contributed by atoms with Gasteiger partial charge in [0.2, 0.25) is 5.91 Å². The maximum Gasteiger partial charge on any atom is 0.266 e. The van der Waals surface area contributed by atoms with Crippen molar-refractivity contribution in [3.8, 4) is 5.69 Å². The van der Waals surface area contributed by atoms with Gasteiger partial charge < -0.3 is 4.90 Å². The Balaban J connectivity index is 1.75. The Morgan fingerprint density at radius 1 is 1.17 bits per heavy atom. The van der Waals surface area contributed by atoms with Crippen LogP contribution in [0.2, 0.25) is 0 Å². The number of amides is 1. The third-order valence-electron chi connectivity index (χ3n) is 5.80. The zero-order valence-electron chi connectivity index (χ0n) is 17.7. The molecule has 4 rings (SSSR count). The molecule has 6 heteroatoms. The van der Waals surface area contributed by atoms with Gasteiger partial charge in [-0.05, 0) is 69.4 Å². The summed E-state index contributed by atoms with van der Waals surface area (Å²) in [7, 11) is 0. The van der Waals surface area contributed by atoms with Gasteiger partial charge in [-0.25, -0.2) is 4.98 Å². The number of benzene rings is 2. The van der Waals surface area contributed by atoms with E-state index in [-0.39, 0.29) is 23.3 Å². The quantitative estimate of drug-likeness (QED) is 0.460. The van der Waals surface area contributed by atoms with Gasteiger partial charge in [-0.1, -0.05) is 36.0 Å². The van der Waals surface area contributed by atoms with Crippen LogP contribution in [-0.4, -0.2) is 38.7 Å². The maximum absolute atomic E-state index is 13.4. The molecule has 1 aromatic heterocycles. The first-order valence-corrected chi connectivity index (χ1v) is 11.5. The number of hydrogen-bond acceptors (Lipinski definition) is 4. The van der Waals surface area contributed by atoms with Crippen molar-refractivity contribution in [3.63, 3.8) is 0 Å². The molecule has 1 atom stereocenters. The van der Waals surface area contributed by atoms with Gasteiger partial charge >= 0.3 is 0 Å². The highest BCUT2D eigenvalue weighted by molar-refractivity contribution is 7.99. The lowest BCUT2D eigenvalue weighted by Gasteiger charge is -2.33. The fourth-order valence-electron chi connectivity index (χ4n) is 4.06. The number of carbonyl (C=O) groups excluding carboxylic acids is 1. The van der Waals surface area contributed by atoms with Crippen LogP contribution in [0.15, 0.2) is 52.4 Å². The number of rotatable bonds is 4. The van der Waals surface area contributed by atoms with E-state index in [9.17, 15) is 9.59 Å². The first-order valence-electron chi connectivity index (χ1n) is 10.5. The normalized spacial score (nSPS) is 16.8. The van der Waals surface area contributed by atoms with Crippen LogP contribution in [0.3, 0.4) is 0 Å². The molecule has 0 unspecified atom stereocenters. The summed E-state index contributed by atoms with van der Waals surface area (Å²) in [6.07, 6.45) is 3.29. The fraction of sp³-hybridized carbons (Fsp3) is 0.375. The maximum atomic E-state index is 13.4. The number of fused-ring (bicyclic) bond motifs is 1. The molecular weight excluding hydrogens is 394 g/mol. The minimum atomic E-state index is -0.101. The molecule has 156 valence electrons. The molecule has 0 saturated carbocycles. The lowest BCUT2D eigenvalue weighted by molar-refractivity contribution is -0.131. The second kappa shape index (κ2) is 8.64. The van der Waals surface area contributed by atoms with E-state index >= 15 is 0 Å². The molecule has 3 aromatic rings. The van der Waals surface area contributed by atoms with E-state index in [1.54, 1.807) is 10.6 Å². The molecule has 0 aliphatic carbocycles. The predicted molar refractivity (Wildman–Crippen MR) is 123 cm³/mol. The van der Waals surface area contributed by atoms with Crippen molar-refractivity contribution < 1.29 is 4.79 Å². The molecule has 1 saturated heterocycles. The van der Waals surface area contributed by atoms with E-state index in [1.807, 2.05) is 55.1 Å². The molecule has 1 aliphatic rings. The van der Waals surface area contributed by atoms with E-state index in [0.717, 1.165) is 36.2 Å². The average molecular weight is 422 g/mol. The standard InChI is InChI=1S/C24H27N3O2S/c1-16-11-12-17(2)21(14-16)27-23(29)19-9-4-5-10-20(19)25-24(27)30-15-22(28)26-13-7-6-8-18(26)3/h4-5,9-12,14,18H,6-8,13,15H2,1-3H3/t18-/m0/s1. The highest BCUT2D eigenvalue weighted by Gasteiger charge is 2.24. The molecular formula is C24H27N3O2S. The number of likely N-dealkylation sites (tertiary alicyclic amines) is 1. The zero-order chi connectivity index (χ0) is 21.3. The smallest absolute Gasteiger partial charge is 0.266 e. The van der Waals surface area contributed by atoms with Gasteiger partial charge in [-0.3, -0.25) is 14.2 Å². The van der Waals surface area contributed by atoms with Crippen LogP contribution in [0.4, 0.5) is 0 Å². The van der Waals surface area contributed by atoms with E-state index in [2.05, 4.69) is 6.92 Å². The molecule has 0 N–H and O–H groups in total. The van der Waals surface area contributed by atoms with Gasteiger partial charge in [0.15, 0.2) is 5.16 Å². The number of hydrogen-bond donors (Lipinski definition) is 0. The number of nitrogens with zero attached hydrogens (tertiary/aromatic N) is 3. The van der Waals surface area contributed by atoms with Gasteiger partial charge in [-0.15, -0.1) is 0 Å². The van der Waals surface area contributed by atoms with Gasteiger partial charge in [-0.2, -0.15) is 0 Å².